The van der Waals surface area contributed by atoms with E-state index in [2.05, 4.69) is 15.0 Å². The molecule has 3 aliphatic heterocycles. The van der Waals surface area contributed by atoms with Crippen molar-refractivity contribution in [1.82, 2.24) is 29.5 Å². The third-order valence-corrected chi connectivity index (χ3v) is 11.4. The number of urea groups is 1. The minimum absolute atomic E-state index is 0.0195. The van der Waals surface area contributed by atoms with E-state index in [1.165, 1.54) is 38.5 Å². The fourth-order valence-corrected chi connectivity index (χ4v) is 8.75. The third kappa shape index (κ3) is 7.09. The van der Waals surface area contributed by atoms with Crippen LogP contribution in [0.15, 0.2) is 36.9 Å². The van der Waals surface area contributed by atoms with E-state index in [4.69, 9.17) is 17.3 Å². The van der Waals surface area contributed by atoms with Gasteiger partial charge >= 0.3 is 6.03 Å². The fourth-order valence-electron chi connectivity index (χ4n) is 8.63. The molecule has 44 heavy (non-hydrogen) atoms. The lowest BCUT2D eigenvalue weighted by molar-refractivity contribution is -0.141. The number of carbonyl (C=O) groups is 2. The molecule has 240 valence electrons. The van der Waals surface area contributed by atoms with E-state index >= 15 is 0 Å². The largest absolute Gasteiger partial charge is 0.342 e. The number of halogens is 1. The molecule has 1 aromatic carbocycles. The predicted octanol–water partition coefficient (Wildman–Crippen LogP) is 5.38. The highest BCUT2D eigenvalue weighted by atomic mass is 35.5. The van der Waals surface area contributed by atoms with Crippen molar-refractivity contribution in [1.29, 1.82) is 0 Å². The van der Waals surface area contributed by atoms with E-state index in [0.717, 1.165) is 70.4 Å². The van der Waals surface area contributed by atoms with Crippen LogP contribution in [0.25, 0.3) is 0 Å². The molecule has 1 aliphatic carbocycles. The Balaban J connectivity index is 1.24. The fraction of sp³-hybridized carbons (Fsp3) is 0.706. The Morgan fingerprint density at radius 1 is 0.909 bits per heavy atom. The Hall–Kier alpha value is -2.65. The first-order chi connectivity index (χ1) is 21.4. The molecular weight excluding hydrogens is 574 g/mol. The van der Waals surface area contributed by atoms with Gasteiger partial charge in [-0.25, -0.2) is 9.78 Å². The number of aromatic nitrogens is 3. The number of nitrogens with two attached hydrogens (primary N) is 1. The zero-order valence-electron chi connectivity index (χ0n) is 26.2. The van der Waals surface area contributed by atoms with E-state index in [0.29, 0.717) is 30.3 Å². The lowest BCUT2D eigenvalue weighted by Crippen LogP contribution is -2.60. The molecule has 0 radical (unpaired) electrons. The first-order valence-electron chi connectivity index (χ1n) is 17.1. The molecule has 3 amide bonds. The number of carbonyl (C=O) groups excluding carboxylic acids is 2. The lowest BCUT2D eigenvalue weighted by atomic mass is 9.63. The van der Waals surface area contributed by atoms with Crippen molar-refractivity contribution >= 4 is 23.5 Å². The van der Waals surface area contributed by atoms with Gasteiger partial charge in [-0.05, 0) is 93.2 Å². The van der Waals surface area contributed by atoms with Gasteiger partial charge in [0, 0.05) is 56.4 Å². The number of piperidine rings is 3. The lowest BCUT2D eigenvalue weighted by Gasteiger charge is -2.49. The van der Waals surface area contributed by atoms with Gasteiger partial charge in [0.05, 0.1) is 5.92 Å². The number of hydrogen-bond acceptors (Lipinski definition) is 5. The van der Waals surface area contributed by atoms with Crippen molar-refractivity contribution < 1.29 is 9.59 Å². The SMILES string of the molecule is NC1CCN(C(=O)N2CCCCC2)C([C@@H](Cc2ccc(Cl)cc2)C(=O)N2CCC(Cn3cncn3)(C3CCCCC3)CC2)C1. The van der Waals surface area contributed by atoms with Gasteiger partial charge in [0.15, 0.2) is 0 Å². The summed E-state index contributed by atoms with van der Waals surface area (Å²) in [6.45, 7) is 4.54. The van der Waals surface area contributed by atoms with Crippen molar-refractivity contribution in [2.75, 3.05) is 32.7 Å². The quantitative estimate of drug-likeness (QED) is 0.447. The zero-order valence-corrected chi connectivity index (χ0v) is 26.9. The van der Waals surface area contributed by atoms with Gasteiger partial charge in [0.1, 0.15) is 12.7 Å². The van der Waals surface area contributed by atoms with Crippen LogP contribution in [0.5, 0.6) is 0 Å². The smallest absolute Gasteiger partial charge is 0.320 e. The van der Waals surface area contributed by atoms with E-state index < -0.39 is 0 Å². The standard InChI is InChI=1S/C34H50ClN7O2/c35-28-11-9-26(10-12-28)21-30(31-22-29(36)13-18-42(31)33(44)40-16-5-2-6-17-40)32(43)39-19-14-34(15-20-39,23-41-25-37-24-38-41)27-7-3-1-4-8-27/h9-12,24-25,27,29-31H,1-8,13-23,36H2/t29?,30-,31?/m1/s1. The highest BCUT2D eigenvalue weighted by molar-refractivity contribution is 6.30. The zero-order chi connectivity index (χ0) is 30.5. The molecular formula is C34H50ClN7O2. The molecule has 3 saturated heterocycles. The summed E-state index contributed by atoms with van der Waals surface area (Å²) in [6, 6.07) is 7.66. The second-order valence-corrected chi connectivity index (χ2v) is 14.4. The molecule has 3 atom stereocenters. The summed E-state index contributed by atoms with van der Waals surface area (Å²) in [5.74, 6) is 0.457. The van der Waals surface area contributed by atoms with Gasteiger partial charge in [0.2, 0.25) is 5.91 Å². The Morgan fingerprint density at radius 3 is 2.30 bits per heavy atom. The molecule has 2 aromatic rings. The maximum Gasteiger partial charge on any atom is 0.320 e. The van der Waals surface area contributed by atoms with Crippen LogP contribution in [-0.2, 0) is 17.8 Å². The Labute approximate surface area is 267 Å². The van der Waals surface area contributed by atoms with Crippen LogP contribution in [-0.4, -0.2) is 86.2 Å². The maximum atomic E-state index is 14.7. The van der Waals surface area contributed by atoms with Gasteiger partial charge in [-0.2, -0.15) is 5.10 Å². The Bertz CT molecular complexity index is 1220. The number of likely N-dealkylation sites (tertiary alicyclic amines) is 3. The summed E-state index contributed by atoms with van der Waals surface area (Å²) in [4.78, 5) is 39.0. The molecule has 10 heteroatoms. The summed E-state index contributed by atoms with van der Waals surface area (Å²) >= 11 is 6.23. The highest BCUT2D eigenvalue weighted by Crippen LogP contribution is 2.47. The summed E-state index contributed by atoms with van der Waals surface area (Å²) in [5.41, 5.74) is 7.76. The van der Waals surface area contributed by atoms with Crippen LogP contribution < -0.4 is 5.73 Å². The normalized spacial score (nSPS) is 25.5. The van der Waals surface area contributed by atoms with Crippen molar-refractivity contribution in [3.05, 3.63) is 47.5 Å². The highest BCUT2D eigenvalue weighted by Gasteiger charge is 2.46. The molecule has 2 N–H and O–H groups in total. The van der Waals surface area contributed by atoms with Crippen LogP contribution in [0.3, 0.4) is 0 Å². The van der Waals surface area contributed by atoms with E-state index in [1.54, 1.807) is 6.33 Å². The molecule has 2 unspecified atom stereocenters. The van der Waals surface area contributed by atoms with Crippen LogP contribution in [0.2, 0.25) is 5.02 Å². The molecule has 6 rings (SSSR count). The molecule has 0 bridgehead atoms. The second-order valence-electron chi connectivity index (χ2n) is 13.9. The molecule has 1 aromatic heterocycles. The summed E-state index contributed by atoms with van der Waals surface area (Å²) < 4.78 is 2.00. The van der Waals surface area contributed by atoms with Crippen molar-refractivity contribution in [3.8, 4) is 0 Å². The molecule has 4 fully saturated rings. The summed E-state index contributed by atoms with van der Waals surface area (Å²) in [6.07, 6.45) is 17.1. The number of benzene rings is 1. The molecule has 4 heterocycles. The van der Waals surface area contributed by atoms with Crippen LogP contribution in [0.4, 0.5) is 4.79 Å². The van der Waals surface area contributed by atoms with Gasteiger partial charge in [-0.3, -0.25) is 9.48 Å². The summed E-state index contributed by atoms with van der Waals surface area (Å²) in [7, 11) is 0. The van der Waals surface area contributed by atoms with Crippen molar-refractivity contribution in [2.24, 2.45) is 23.0 Å². The number of hydrogen-bond donors (Lipinski definition) is 1. The van der Waals surface area contributed by atoms with Crippen molar-refractivity contribution in [3.63, 3.8) is 0 Å². The Morgan fingerprint density at radius 2 is 1.61 bits per heavy atom. The number of rotatable bonds is 7. The van der Waals surface area contributed by atoms with Crippen LogP contribution in [0, 0.1) is 17.3 Å². The minimum atomic E-state index is -0.353. The van der Waals surface area contributed by atoms with E-state index in [-0.39, 0.29) is 35.4 Å². The van der Waals surface area contributed by atoms with E-state index in [9.17, 15) is 9.59 Å². The molecule has 0 spiro atoms. The topological polar surface area (TPSA) is 101 Å². The number of amides is 3. The molecule has 4 aliphatic rings. The maximum absolute atomic E-state index is 14.7. The van der Waals surface area contributed by atoms with Gasteiger partial charge < -0.3 is 20.4 Å². The third-order valence-electron chi connectivity index (χ3n) is 11.2. The molecule has 1 saturated carbocycles. The van der Waals surface area contributed by atoms with Crippen molar-refractivity contribution in [2.45, 2.75) is 102 Å². The number of nitrogens with zero attached hydrogens (tertiary/aromatic N) is 6. The average molecular weight is 624 g/mol. The van der Waals surface area contributed by atoms with Crippen LogP contribution >= 0.6 is 11.6 Å². The minimum Gasteiger partial charge on any atom is -0.342 e. The molecule has 9 nitrogen and oxygen atoms in total. The average Bonchev–Trinajstić information content (AvgIpc) is 3.58. The summed E-state index contributed by atoms with van der Waals surface area (Å²) in [5, 5.41) is 5.16. The van der Waals surface area contributed by atoms with Gasteiger partial charge in [-0.15, -0.1) is 0 Å². The van der Waals surface area contributed by atoms with E-state index in [1.807, 2.05) is 45.1 Å². The first kappa shape index (κ1) is 31.3. The monoisotopic (exact) mass is 623 g/mol. The predicted molar refractivity (Wildman–Crippen MR) is 172 cm³/mol. The van der Waals surface area contributed by atoms with Crippen LogP contribution in [0.1, 0.15) is 82.6 Å². The van der Waals surface area contributed by atoms with Gasteiger partial charge in [0.25, 0.3) is 0 Å². The Kier molecular flexibility index (Phi) is 10.1. The van der Waals surface area contributed by atoms with Gasteiger partial charge in [-0.1, -0.05) is 43.0 Å². The second kappa shape index (κ2) is 14.2. The first-order valence-corrected chi connectivity index (χ1v) is 17.5.